The van der Waals surface area contributed by atoms with E-state index in [-0.39, 0.29) is 0 Å². The first-order valence-electron chi connectivity index (χ1n) is 4.33. The molecular weight excluding hydrogens is 148 g/mol. The summed E-state index contributed by atoms with van der Waals surface area (Å²) in [7, 11) is 0. The fourth-order valence-electron chi connectivity index (χ4n) is 1.17. The van der Waals surface area contributed by atoms with Gasteiger partial charge in [0.15, 0.2) is 0 Å². The van der Waals surface area contributed by atoms with Gasteiger partial charge >= 0.3 is 0 Å². The van der Waals surface area contributed by atoms with Gasteiger partial charge in [0, 0.05) is 12.4 Å². The molecular formula is C10H16N2. The van der Waals surface area contributed by atoms with E-state index in [1.165, 1.54) is 11.1 Å². The van der Waals surface area contributed by atoms with E-state index in [9.17, 15) is 0 Å². The lowest BCUT2D eigenvalue weighted by Gasteiger charge is -2.09. The summed E-state index contributed by atoms with van der Waals surface area (Å²) in [5.74, 6) is 0.549. The molecule has 0 amide bonds. The molecule has 2 nitrogen and oxygen atoms in total. The van der Waals surface area contributed by atoms with Crippen LogP contribution in [-0.4, -0.2) is 11.5 Å². The molecule has 1 atom stereocenters. The van der Waals surface area contributed by atoms with Crippen LogP contribution in [0.15, 0.2) is 18.5 Å². The highest BCUT2D eigenvalue weighted by atomic mass is 14.6. The summed E-state index contributed by atoms with van der Waals surface area (Å²) in [6.07, 6.45) is 4.80. The third-order valence-corrected chi connectivity index (χ3v) is 2.12. The van der Waals surface area contributed by atoms with Crippen molar-refractivity contribution in [2.75, 3.05) is 6.54 Å². The molecule has 0 aliphatic heterocycles. The Morgan fingerprint density at radius 3 is 2.92 bits per heavy atom. The highest BCUT2D eigenvalue weighted by molar-refractivity contribution is 5.21. The highest BCUT2D eigenvalue weighted by Crippen LogP contribution is 2.10. The van der Waals surface area contributed by atoms with Crippen LogP contribution in [0.5, 0.6) is 0 Å². The molecule has 66 valence electrons. The van der Waals surface area contributed by atoms with Crippen LogP contribution in [0.1, 0.15) is 18.1 Å². The smallest absolute Gasteiger partial charge is 0.0302 e. The van der Waals surface area contributed by atoms with Crippen molar-refractivity contribution < 1.29 is 0 Å². The topological polar surface area (TPSA) is 38.9 Å². The maximum absolute atomic E-state index is 5.55. The second-order valence-corrected chi connectivity index (χ2v) is 3.35. The summed E-state index contributed by atoms with van der Waals surface area (Å²) < 4.78 is 0. The van der Waals surface area contributed by atoms with Crippen molar-refractivity contribution in [1.82, 2.24) is 4.98 Å². The van der Waals surface area contributed by atoms with Crippen molar-refractivity contribution in [2.24, 2.45) is 11.7 Å². The number of rotatable bonds is 3. The second kappa shape index (κ2) is 4.21. The number of nitrogens with zero attached hydrogens (tertiary/aromatic N) is 1. The predicted molar refractivity (Wildman–Crippen MR) is 50.9 cm³/mol. The fraction of sp³-hybridized carbons (Fsp3) is 0.500. The Bertz CT molecular complexity index is 245. The van der Waals surface area contributed by atoms with Crippen LogP contribution in [0.3, 0.4) is 0 Å². The van der Waals surface area contributed by atoms with Crippen LogP contribution in [0.25, 0.3) is 0 Å². The van der Waals surface area contributed by atoms with E-state index < -0.39 is 0 Å². The Labute approximate surface area is 73.8 Å². The Balaban J connectivity index is 2.69. The fourth-order valence-corrected chi connectivity index (χ4v) is 1.17. The van der Waals surface area contributed by atoms with Crippen LogP contribution >= 0.6 is 0 Å². The summed E-state index contributed by atoms with van der Waals surface area (Å²) in [6.45, 7) is 5.01. The summed E-state index contributed by atoms with van der Waals surface area (Å²) in [6, 6.07) is 2.04. The van der Waals surface area contributed by atoms with Gasteiger partial charge in [0.1, 0.15) is 0 Å². The van der Waals surface area contributed by atoms with Gasteiger partial charge in [0.25, 0.3) is 0 Å². The molecule has 0 spiro atoms. The maximum atomic E-state index is 5.55. The largest absolute Gasteiger partial charge is 0.330 e. The maximum Gasteiger partial charge on any atom is 0.0302 e. The van der Waals surface area contributed by atoms with E-state index in [2.05, 4.69) is 18.8 Å². The second-order valence-electron chi connectivity index (χ2n) is 3.35. The van der Waals surface area contributed by atoms with Crippen molar-refractivity contribution in [3.63, 3.8) is 0 Å². The van der Waals surface area contributed by atoms with Gasteiger partial charge in [-0.15, -0.1) is 0 Å². The number of pyridine rings is 1. The van der Waals surface area contributed by atoms with Crippen LogP contribution in [0, 0.1) is 12.8 Å². The average molecular weight is 164 g/mol. The zero-order chi connectivity index (χ0) is 8.97. The number of aromatic nitrogens is 1. The Kier molecular flexibility index (Phi) is 3.23. The van der Waals surface area contributed by atoms with Crippen LogP contribution in [-0.2, 0) is 6.42 Å². The van der Waals surface area contributed by atoms with Gasteiger partial charge in [-0.25, -0.2) is 0 Å². The number of hydrogen-bond donors (Lipinski definition) is 1. The SMILES string of the molecule is Cc1ccncc1CC(C)CN. The molecule has 1 heterocycles. The summed E-state index contributed by atoms with van der Waals surface area (Å²) in [4.78, 5) is 4.09. The zero-order valence-electron chi connectivity index (χ0n) is 7.75. The minimum atomic E-state index is 0.549. The van der Waals surface area contributed by atoms with E-state index in [1.54, 1.807) is 0 Å². The van der Waals surface area contributed by atoms with Crippen molar-refractivity contribution in [2.45, 2.75) is 20.3 Å². The zero-order valence-corrected chi connectivity index (χ0v) is 7.75. The third kappa shape index (κ3) is 2.31. The van der Waals surface area contributed by atoms with Gasteiger partial charge in [-0.05, 0) is 43.0 Å². The average Bonchev–Trinajstić information content (AvgIpc) is 2.09. The first-order valence-corrected chi connectivity index (χ1v) is 4.33. The van der Waals surface area contributed by atoms with Gasteiger partial charge in [0.05, 0.1) is 0 Å². The first-order chi connectivity index (χ1) is 5.74. The Morgan fingerprint density at radius 2 is 2.33 bits per heavy atom. The predicted octanol–water partition coefficient (Wildman–Crippen LogP) is 1.53. The number of aryl methyl sites for hydroxylation is 1. The molecule has 1 aromatic rings. The molecule has 0 aliphatic carbocycles. The van der Waals surface area contributed by atoms with Crippen molar-refractivity contribution in [3.8, 4) is 0 Å². The normalized spacial score (nSPS) is 12.9. The van der Waals surface area contributed by atoms with Crippen LogP contribution in [0.2, 0.25) is 0 Å². The molecule has 0 aliphatic rings. The van der Waals surface area contributed by atoms with Gasteiger partial charge in [-0.1, -0.05) is 6.92 Å². The van der Waals surface area contributed by atoms with Gasteiger partial charge in [0.2, 0.25) is 0 Å². The molecule has 2 heteroatoms. The molecule has 2 N–H and O–H groups in total. The van der Waals surface area contributed by atoms with Crippen molar-refractivity contribution in [3.05, 3.63) is 29.6 Å². The molecule has 0 fully saturated rings. The lowest BCUT2D eigenvalue weighted by atomic mass is 10.00. The molecule has 1 rings (SSSR count). The minimum absolute atomic E-state index is 0.549. The van der Waals surface area contributed by atoms with E-state index in [1.807, 2.05) is 18.5 Å². The van der Waals surface area contributed by atoms with E-state index >= 15 is 0 Å². The van der Waals surface area contributed by atoms with Crippen molar-refractivity contribution in [1.29, 1.82) is 0 Å². The van der Waals surface area contributed by atoms with Gasteiger partial charge < -0.3 is 5.73 Å². The van der Waals surface area contributed by atoms with Crippen LogP contribution in [0.4, 0.5) is 0 Å². The van der Waals surface area contributed by atoms with E-state index in [4.69, 9.17) is 5.73 Å². The minimum Gasteiger partial charge on any atom is -0.330 e. The molecule has 1 aromatic heterocycles. The number of nitrogens with two attached hydrogens (primary N) is 1. The lowest BCUT2D eigenvalue weighted by Crippen LogP contribution is -2.13. The van der Waals surface area contributed by atoms with Gasteiger partial charge in [-0.2, -0.15) is 0 Å². The first kappa shape index (κ1) is 9.20. The molecule has 0 saturated carbocycles. The van der Waals surface area contributed by atoms with E-state index in [0.717, 1.165) is 13.0 Å². The molecule has 12 heavy (non-hydrogen) atoms. The summed E-state index contributed by atoms with van der Waals surface area (Å²) >= 11 is 0. The quantitative estimate of drug-likeness (QED) is 0.735. The molecule has 0 bridgehead atoms. The molecule has 0 saturated heterocycles. The summed E-state index contributed by atoms with van der Waals surface area (Å²) in [5, 5.41) is 0. The van der Waals surface area contributed by atoms with Gasteiger partial charge in [-0.3, -0.25) is 4.98 Å². The number of hydrogen-bond acceptors (Lipinski definition) is 2. The summed E-state index contributed by atoms with van der Waals surface area (Å²) in [5.41, 5.74) is 8.18. The molecule has 0 radical (unpaired) electrons. The third-order valence-electron chi connectivity index (χ3n) is 2.12. The Morgan fingerprint density at radius 1 is 1.58 bits per heavy atom. The van der Waals surface area contributed by atoms with E-state index in [0.29, 0.717) is 5.92 Å². The molecule has 0 aromatic carbocycles. The monoisotopic (exact) mass is 164 g/mol. The standard InChI is InChI=1S/C10H16N2/c1-8(6-11)5-10-7-12-4-3-9(10)2/h3-4,7-8H,5-6,11H2,1-2H3. The van der Waals surface area contributed by atoms with Crippen molar-refractivity contribution >= 4 is 0 Å². The highest BCUT2D eigenvalue weighted by Gasteiger charge is 2.03. The van der Waals surface area contributed by atoms with Crippen LogP contribution < -0.4 is 5.73 Å². The molecule has 1 unspecified atom stereocenters. The Hall–Kier alpha value is -0.890. The lowest BCUT2D eigenvalue weighted by molar-refractivity contribution is 0.590.